The van der Waals surface area contributed by atoms with Crippen LogP contribution in [0.2, 0.25) is 5.02 Å². The van der Waals surface area contributed by atoms with E-state index < -0.39 is 0 Å². The van der Waals surface area contributed by atoms with Crippen molar-refractivity contribution < 1.29 is 49.1 Å². The van der Waals surface area contributed by atoms with Crippen molar-refractivity contribution in [3.05, 3.63) is 275 Å². The van der Waals surface area contributed by atoms with Gasteiger partial charge in [0.15, 0.2) is 23.3 Å². The Morgan fingerprint density at radius 3 is 0.805 bits per heavy atom. The summed E-state index contributed by atoms with van der Waals surface area (Å²) < 4.78 is 14.2. The van der Waals surface area contributed by atoms with Crippen LogP contribution in [0, 0.1) is 5.82 Å². The lowest BCUT2D eigenvalue weighted by atomic mass is 9.85. The highest BCUT2D eigenvalue weighted by Crippen LogP contribution is 2.46. The number of halogens is 3. The number of benzene rings is 8. The van der Waals surface area contributed by atoms with Crippen LogP contribution in [0.1, 0.15) is 242 Å². The zero-order valence-corrected chi connectivity index (χ0v) is 74.0. The Morgan fingerprint density at radius 2 is 0.539 bits per heavy atom. The summed E-state index contributed by atoms with van der Waals surface area (Å²) >= 11 is 9.40. The van der Waals surface area contributed by atoms with Crippen molar-refractivity contribution in [3.63, 3.8) is 0 Å². The Bertz CT molecular complexity index is 5360. The number of hydrogen-bond acceptors (Lipinski definition) is 17. The third-order valence-electron chi connectivity index (χ3n) is 26.0. The van der Waals surface area contributed by atoms with Gasteiger partial charge in [0.25, 0.3) is 0 Å². The summed E-state index contributed by atoms with van der Waals surface area (Å²) in [5.41, 5.74) is 22.6. The zero-order chi connectivity index (χ0) is 88.3. The molecule has 12 aromatic rings. The highest BCUT2D eigenvalue weighted by Gasteiger charge is 2.34. The molecule has 0 atom stereocenters. The summed E-state index contributed by atoms with van der Waals surface area (Å²) in [6.07, 6.45) is 29.8. The quantitative estimate of drug-likeness (QED) is 0.0434. The molecular formula is C104H105BrClFN12O9. The van der Waals surface area contributed by atoms with E-state index >= 15 is 0 Å². The van der Waals surface area contributed by atoms with Crippen LogP contribution in [0.15, 0.2) is 174 Å². The van der Waals surface area contributed by atoms with Crippen LogP contribution in [0.3, 0.4) is 0 Å². The maximum atomic E-state index is 13.2. The van der Waals surface area contributed by atoms with Crippen LogP contribution in [0.4, 0.5) is 27.7 Å². The Kier molecular flexibility index (Phi) is 27.6. The van der Waals surface area contributed by atoms with E-state index in [2.05, 4.69) is 37.2 Å². The first-order chi connectivity index (χ1) is 62.3. The number of fused-ring (bicyclic) bond motifs is 12. The number of aromatic nitrogens is 8. The molecule has 4 fully saturated rings. The highest BCUT2D eigenvalue weighted by atomic mass is 79.9. The fraction of sp³-hybridized carbons (Fsp3) is 0.346. The number of phenols is 5. The molecule has 24 heteroatoms. The molecule has 9 N–H and O–H groups in total. The fourth-order valence-electron chi connectivity index (χ4n) is 19.5. The van der Waals surface area contributed by atoms with Gasteiger partial charge in [-0.2, -0.15) is 0 Å². The first-order valence-corrected chi connectivity index (χ1v) is 46.6. The topological polar surface area (TPSA) is 321 Å². The molecule has 0 radical (unpaired) electrons. The summed E-state index contributed by atoms with van der Waals surface area (Å²) in [6, 6.07) is 49.6. The average molecular weight is 1800 g/mol. The van der Waals surface area contributed by atoms with E-state index in [-0.39, 0.29) is 89.3 Å². The Hall–Kier alpha value is -12.3. The number of nitrogens with zero attached hydrogens (tertiary/aromatic N) is 8. The van der Waals surface area contributed by atoms with E-state index in [1.54, 1.807) is 78.9 Å². The maximum absolute atomic E-state index is 13.2. The van der Waals surface area contributed by atoms with Crippen LogP contribution >= 0.6 is 27.5 Å². The third kappa shape index (κ3) is 21.4. The minimum Gasteiger partial charge on any atom is -0.508 e. The van der Waals surface area contributed by atoms with Gasteiger partial charge in [-0.25, -0.2) is 44.3 Å². The Labute approximate surface area is 758 Å². The molecule has 4 amide bonds. The molecule has 8 aliphatic rings. The molecule has 20 rings (SSSR count). The van der Waals surface area contributed by atoms with Crippen molar-refractivity contribution in [1.29, 1.82) is 0 Å². The Morgan fingerprint density at radius 1 is 0.305 bits per heavy atom. The van der Waals surface area contributed by atoms with E-state index in [9.17, 15) is 49.1 Å². The standard InChI is InChI=1S/C26H26BrN3O2.C26H26ClN3O2.C26H26FN3O2.C26H27N3O3/c3*27-19-9-6-16(7-10-19)14-23(32)29-26-24(17-4-2-1-3-5-17)30-25-21-12-11-20(31)15-18(21)8-13-22(25)28-26;30-19-9-6-16(7-10-19)14-23(32)28-26-24(17-4-2-1-3-5-17)29-25-21-12-11-20(31)15-18(21)8-13-22(25)27-26/h3*6-7,9-12,15,17,31H,1-5,8,13-14H2,(H,28,29,32);6-7,9-12,15,17,30-31H,1-5,8,13-14H2,(H,27,28,32). The predicted octanol–water partition coefficient (Wildman–Crippen LogP) is 22.0. The van der Waals surface area contributed by atoms with Crippen molar-refractivity contribution >= 4 is 74.4 Å². The lowest BCUT2D eigenvalue weighted by Crippen LogP contribution is -2.21. The van der Waals surface area contributed by atoms with Gasteiger partial charge in [-0.15, -0.1) is 0 Å². The molecular weight excluding hydrogens is 1700 g/mol. The van der Waals surface area contributed by atoms with E-state index in [1.807, 2.05) is 78.9 Å². The number of amides is 4. The molecule has 0 bridgehead atoms. The van der Waals surface area contributed by atoms with Crippen LogP contribution in [0.5, 0.6) is 28.7 Å². The molecule has 0 saturated heterocycles. The van der Waals surface area contributed by atoms with E-state index in [0.717, 1.165) is 262 Å². The van der Waals surface area contributed by atoms with Gasteiger partial charge in [-0.1, -0.05) is 153 Å². The number of hydrogen-bond donors (Lipinski definition) is 9. The first kappa shape index (κ1) is 87.7. The fourth-order valence-corrected chi connectivity index (χ4v) is 19.8. The molecule has 8 aromatic carbocycles. The predicted molar refractivity (Wildman–Crippen MR) is 499 cm³/mol. The van der Waals surface area contributed by atoms with Crippen LogP contribution in [-0.4, -0.2) is 89.0 Å². The third-order valence-corrected chi connectivity index (χ3v) is 26.8. The summed E-state index contributed by atoms with van der Waals surface area (Å²) in [6.45, 7) is 0. The second-order valence-electron chi connectivity index (χ2n) is 35.2. The van der Waals surface area contributed by atoms with E-state index in [4.69, 9.17) is 51.5 Å². The molecule has 4 aromatic heterocycles. The second-order valence-corrected chi connectivity index (χ2v) is 36.5. The number of rotatable bonds is 16. The van der Waals surface area contributed by atoms with Gasteiger partial charge in [0.1, 0.15) is 34.6 Å². The van der Waals surface area contributed by atoms with Gasteiger partial charge >= 0.3 is 0 Å². The maximum Gasteiger partial charge on any atom is 0.229 e. The molecule has 0 spiro atoms. The first-order valence-electron chi connectivity index (χ1n) is 45.4. The molecule has 4 saturated carbocycles. The molecule has 656 valence electrons. The number of nitrogens with one attached hydrogen (secondary N) is 4. The highest BCUT2D eigenvalue weighted by molar-refractivity contribution is 9.10. The minimum absolute atomic E-state index is 0.0697. The largest absolute Gasteiger partial charge is 0.508 e. The number of carbonyl (C=O) groups excluding carboxylic acids is 4. The molecule has 4 heterocycles. The van der Waals surface area contributed by atoms with Crippen molar-refractivity contribution in [3.8, 4) is 73.8 Å². The normalized spacial score (nSPS) is 15.6. The monoisotopic (exact) mass is 1800 g/mol. The molecule has 0 unspecified atom stereocenters. The number of anilines is 4. The molecule has 8 aliphatic carbocycles. The number of aryl methyl sites for hydroxylation is 8. The van der Waals surface area contributed by atoms with Crippen molar-refractivity contribution in [1.82, 2.24) is 39.9 Å². The van der Waals surface area contributed by atoms with Gasteiger partial charge in [-0.3, -0.25) is 19.2 Å². The van der Waals surface area contributed by atoms with Gasteiger partial charge in [-0.05, 0) is 269 Å². The average Bonchev–Trinajstić information content (AvgIpc) is 0.778. The second kappa shape index (κ2) is 40.3. The van der Waals surface area contributed by atoms with Crippen molar-refractivity contribution in [2.45, 2.75) is 229 Å². The number of carbonyl (C=O) groups is 4. The van der Waals surface area contributed by atoms with Gasteiger partial charge in [0.2, 0.25) is 23.6 Å². The Balaban J connectivity index is 0.000000120. The van der Waals surface area contributed by atoms with Gasteiger partial charge in [0, 0.05) is 55.4 Å². The summed E-state index contributed by atoms with van der Waals surface area (Å²) in [5, 5.41) is 61.9. The zero-order valence-electron chi connectivity index (χ0n) is 71.7. The summed E-state index contributed by atoms with van der Waals surface area (Å²) in [4.78, 5) is 91.4. The van der Waals surface area contributed by atoms with Crippen LogP contribution < -0.4 is 21.3 Å². The van der Waals surface area contributed by atoms with Gasteiger partial charge < -0.3 is 46.8 Å². The molecule has 21 nitrogen and oxygen atoms in total. The lowest BCUT2D eigenvalue weighted by Gasteiger charge is -2.26. The van der Waals surface area contributed by atoms with Gasteiger partial charge in [0.05, 0.1) is 94.0 Å². The summed E-state index contributed by atoms with van der Waals surface area (Å²) in [7, 11) is 0. The lowest BCUT2D eigenvalue weighted by molar-refractivity contribution is -0.116. The number of phenolic OH excluding ortho intramolecular Hbond substituents is 5. The van der Waals surface area contributed by atoms with E-state index in [0.29, 0.717) is 53.0 Å². The van der Waals surface area contributed by atoms with Crippen LogP contribution in [-0.2, 0) is 96.2 Å². The molecule has 0 aliphatic heterocycles. The smallest absolute Gasteiger partial charge is 0.229 e. The van der Waals surface area contributed by atoms with Crippen LogP contribution in [0.25, 0.3) is 45.0 Å². The minimum atomic E-state index is -0.317. The number of aromatic hydroxyl groups is 5. The van der Waals surface area contributed by atoms with Crippen molar-refractivity contribution in [2.24, 2.45) is 0 Å². The SMILES string of the molecule is O=C(Cc1ccc(Br)cc1)Nc1nc2c(nc1C1CCCCC1)-c1ccc(O)cc1CC2.O=C(Cc1ccc(Cl)cc1)Nc1nc2c(nc1C1CCCCC1)-c1ccc(O)cc1CC2.O=C(Cc1ccc(F)cc1)Nc1nc2c(nc1C1CCCCC1)-c1ccc(O)cc1CC2.O=C(Cc1ccc(O)cc1)Nc1nc2c(nc1C1CCCCC1)-c1ccc(O)cc1CC2. The summed E-state index contributed by atoms with van der Waals surface area (Å²) in [5.74, 6) is 4.02. The van der Waals surface area contributed by atoms with E-state index in [1.165, 1.54) is 63.5 Å². The van der Waals surface area contributed by atoms with Crippen molar-refractivity contribution in [2.75, 3.05) is 21.3 Å². The molecule has 128 heavy (non-hydrogen) atoms.